The average molecular weight is 324 g/mol. The summed E-state index contributed by atoms with van der Waals surface area (Å²) in [6.07, 6.45) is 5.05. The molecule has 0 spiro atoms. The quantitative estimate of drug-likeness (QED) is 0.657. The molecule has 19 heavy (non-hydrogen) atoms. The van der Waals surface area contributed by atoms with E-state index in [1.54, 1.807) is 12.3 Å². The molecule has 1 atom stereocenters. The molecule has 0 bridgehead atoms. The Bertz CT molecular complexity index is 533. The summed E-state index contributed by atoms with van der Waals surface area (Å²) in [6, 6.07) is 8.68. The number of pyridine rings is 1. The molecule has 1 unspecified atom stereocenters. The molecule has 0 aliphatic rings. The van der Waals surface area contributed by atoms with Crippen LogP contribution in [0.3, 0.4) is 0 Å². The largest absolute Gasteiger partial charge is 0.271 e. The summed E-state index contributed by atoms with van der Waals surface area (Å²) in [4.78, 5) is 4.08. The van der Waals surface area contributed by atoms with Crippen molar-refractivity contribution >= 4 is 15.9 Å². The number of nitrogens with zero attached hydrogens (tertiary/aromatic N) is 1. The molecule has 0 aliphatic heterocycles. The highest BCUT2D eigenvalue weighted by Gasteiger charge is 2.11. The number of nitrogens with two attached hydrogens (primary N) is 1. The van der Waals surface area contributed by atoms with Crippen molar-refractivity contribution in [2.75, 3.05) is 0 Å². The molecule has 3 N–H and O–H groups in total. The molecule has 0 radical (unpaired) electrons. The van der Waals surface area contributed by atoms with Crippen molar-refractivity contribution < 1.29 is 4.39 Å². The van der Waals surface area contributed by atoms with Crippen LogP contribution >= 0.6 is 15.9 Å². The van der Waals surface area contributed by atoms with E-state index in [4.69, 9.17) is 5.84 Å². The third-order valence-corrected chi connectivity index (χ3v) is 3.66. The van der Waals surface area contributed by atoms with Crippen molar-refractivity contribution in [1.82, 2.24) is 10.4 Å². The van der Waals surface area contributed by atoms with Gasteiger partial charge in [-0.1, -0.05) is 28.1 Å². The monoisotopic (exact) mass is 323 g/mol. The Morgan fingerprint density at radius 3 is 2.79 bits per heavy atom. The minimum absolute atomic E-state index is 0.0750. The molecule has 100 valence electrons. The first-order chi connectivity index (χ1) is 9.19. The second kappa shape index (κ2) is 6.75. The van der Waals surface area contributed by atoms with Crippen LogP contribution < -0.4 is 11.3 Å². The lowest BCUT2D eigenvalue weighted by Gasteiger charge is -2.16. The first-order valence-corrected chi connectivity index (χ1v) is 6.77. The van der Waals surface area contributed by atoms with Crippen molar-refractivity contribution in [2.45, 2.75) is 18.9 Å². The van der Waals surface area contributed by atoms with Gasteiger partial charge in [0.2, 0.25) is 0 Å². The van der Waals surface area contributed by atoms with Crippen molar-refractivity contribution in [3.8, 4) is 0 Å². The normalized spacial score (nSPS) is 12.4. The van der Waals surface area contributed by atoms with Crippen molar-refractivity contribution in [1.29, 1.82) is 0 Å². The number of halogens is 2. The molecule has 0 saturated carbocycles. The molecule has 0 saturated heterocycles. The SMILES string of the molecule is NNC(Cc1cccnc1)Cc1ccc(F)cc1Br. The van der Waals surface area contributed by atoms with Crippen LogP contribution in [0.1, 0.15) is 11.1 Å². The Hall–Kier alpha value is -1.30. The number of aromatic nitrogens is 1. The number of hydrazine groups is 1. The van der Waals surface area contributed by atoms with Crippen LogP contribution in [-0.4, -0.2) is 11.0 Å². The highest BCUT2D eigenvalue weighted by atomic mass is 79.9. The summed E-state index contributed by atoms with van der Waals surface area (Å²) in [5, 5.41) is 0. The summed E-state index contributed by atoms with van der Waals surface area (Å²) in [5.41, 5.74) is 4.93. The van der Waals surface area contributed by atoms with Gasteiger partial charge in [0.05, 0.1) is 0 Å². The fourth-order valence-electron chi connectivity index (χ4n) is 1.95. The molecule has 0 amide bonds. The first-order valence-electron chi connectivity index (χ1n) is 5.98. The van der Waals surface area contributed by atoms with Crippen LogP contribution in [0.5, 0.6) is 0 Å². The van der Waals surface area contributed by atoms with E-state index in [2.05, 4.69) is 26.3 Å². The van der Waals surface area contributed by atoms with Gasteiger partial charge in [-0.2, -0.15) is 0 Å². The molecule has 1 aromatic heterocycles. The van der Waals surface area contributed by atoms with E-state index < -0.39 is 0 Å². The Morgan fingerprint density at radius 2 is 2.16 bits per heavy atom. The number of hydrogen-bond donors (Lipinski definition) is 2. The molecule has 2 aromatic rings. The molecule has 1 aromatic carbocycles. The number of hydrogen-bond acceptors (Lipinski definition) is 3. The number of nitrogens with one attached hydrogen (secondary N) is 1. The molecule has 1 heterocycles. The zero-order chi connectivity index (χ0) is 13.7. The first kappa shape index (κ1) is 14.1. The number of benzene rings is 1. The maximum Gasteiger partial charge on any atom is 0.124 e. The smallest absolute Gasteiger partial charge is 0.124 e. The van der Waals surface area contributed by atoms with Crippen molar-refractivity contribution in [3.63, 3.8) is 0 Å². The zero-order valence-electron chi connectivity index (χ0n) is 10.3. The van der Waals surface area contributed by atoms with Crippen LogP contribution in [0.4, 0.5) is 4.39 Å². The third-order valence-electron chi connectivity index (χ3n) is 2.92. The second-order valence-corrected chi connectivity index (χ2v) is 5.22. The van der Waals surface area contributed by atoms with E-state index in [1.807, 2.05) is 18.3 Å². The fourth-order valence-corrected chi connectivity index (χ4v) is 2.46. The van der Waals surface area contributed by atoms with Gasteiger partial charge in [0.25, 0.3) is 0 Å². The molecular formula is C14H15BrFN3. The molecule has 5 heteroatoms. The standard InChI is InChI=1S/C14H15BrFN3/c15-14-8-12(16)4-3-11(14)7-13(19-17)6-10-2-1-5-18-9-10/h1-5,8-9,13,19H,6-7,17H2. The topological polar surface area (TPSA) is 50.9 Å². The highest BCUT2D eigenvalue weighted by molar-refractivity contribution is 9.10. The molecule has 2 rings (SSSR count). The molecular weight excluding hydrogens is 309 g/mol. The Balaban J connectivity index is 2.06. The van der Waals surface area contributed by atoms with Crippen molar-refractivity contribution in [3.05, 3.63) is 64.1 Å². The molecule has 0 fully saturated rings. The summed E-state index contributed by atoms with van der Waals surface area (Å²) in [7, 11) is 0. The van der Waals surface area contributed by atoms with Crippen LogP contribution in [0, 0.1) is 5.82 Å². The van der Waals surface area contributed by atoms with Crippen molar-refractivity contribution in [2.24, 2.45) is 5.84 Å². The van der Waals surface area contributed by atoms with Gasteiger partial charge in [0.1, 0.15) is 5.82 Å². The Kier molecular flexibility index (Phi) is 5.01. The fraction of sp³-hybridized carbons (Fsp3) is 0.214. The van der Waals surface area contributed by atoms with E-state index in [9.17, 15) is 4.39 Å². The lowest BCUT2D eigenvalue weighted by molar-refractivity contribution is 0.520. The van der Waals surface area contributed by atoms with Gasteiger partial charge in [-0.15, -0.1) is 0 Å². The van der Waals surface area contributed by atoms with E-state index >= 15 is 0 Å². The average Bonchev–Trinajstić information content (AvgIpc) is 2.42. The summed E-state index contributed by atoms with van der Waals surface area (Å²) >= 11 is 3.37. The maximum atomic E-state index is 13.0. The van der Waals surface area contributed by atoms with Crippen LogP contribution in [0.2, 0.25) is 0 Å². The van der Waals surface area contributed by atoms with Gasteiger partial charge in [-0.25, -0.2) is 4.39 Å². The van der Waals surface area contributed by atoms with E-state index in [0.29, 0.717) is 6.42 Å². The van der Waals surface area contributed by atoms with E-state index in [1.165, 1.54) is 12.1 Å². The van der Waals surface area contributed by atoms with Gasteiger partial charge in [0.15, 0.2) is 0 Å². The zero-order valence-corrected chi connectivity index (χ0v) is 11.9. The Labute approximate surface area is 120 Å². The van der Waals surface area contributed by atoms with E-state index in [0.717, 1.165) is 22.0 Å². The lowest BCUT2D eigenvalue weighted by atomic mass is 10.0. The minimum atomic E-state index is -0.250. The predicted molar refractivity (Wildman–Crippen MR) is 76.9 cm³/mol. The number of rotatable bonds is 5. The molecule has 0 aliphatic carbocycles. The van der Waals surface area contributed by atoms with Gasteiger partial charge in [-0.3, -0.25) is 16.3 Å². The van der Waals surface area contributed by atoms with Gasteiger partial charge in [-0.05, 0) is 42.2 Å². The van der Waals surface area contributed by atoms with Crippen LogP contribution in [0.15, 0.2) is 47.2 Å². The molecule has 3 nitrogen and oxygen atoms in total. The second-order valence-electron chi connectivity index (χ2n) is 4.37. The third kappa shape index (κ3) is 4.09. The van der Waals surface area contributed by atoms with Gasteiger partial charge >= 0.3 is 0 Å². The minimum Gasteiger partial charge on any atom is -0.271 e. The predicted octanol–water partition coefficient (Wildman–Crippen LogP) is 2.60. The lowest BCUT2D eigenvalue weighted by Crippen LogP contribution is -2.38. The van der Waals surface area contributed by atoms with Gasteiger partial charge in [0, 0.05) is 22.9 Å². The maximum absolute atomic E-state index is 13.0. The summed E-state index contributed by atoms with van der Waals surface area (Å²) in [6.45, 7) is 0. The van der Waals surface area contributed by atoms with Gasteiger partial charge < -0.3 is 0 Å². The van der Waals surface area contributed by atoms with E-state index in [-0.39, 0.29) is 11.9 Å². The summed E-state index contributed by atoms with van der Waals surface area (Å²) < 4.78 is 13.8. The van der Waals surface area contributed by atoms with Crippen LogP contribution in [0.25, 0.3) is 0 Å². The Morgan fingerprint density at radius 1 is 1.32 bits per heavy atom. The highest BCUT2D eigenvalue weighted by Crippen LogP contribution is 2.20. The summed E-state index contributed by atoms with van der Waals surface area (Å²) in [5.74, 6) is 5.34. The van der Waals surface area contributed by atoms with Crippen LogP contribution in [-0.2, 0) is 12.8 Å².